The molecule has 3 aromatic heterocycles. The minimum absolute atomic E-state index is 0.0299. The number of rotatable bonds is 5. The van der Waals surface area contributed by atoms with Crippen LogP contribution >= 0.6 is 0 Å². The number of hydrogen-bond acceptors (Lipinski definition) is 6. The van der Waals surface area contributed by atoms with E-state index in [0.29, 0.717) is 23.5 Å². The Bertz CT molecular complexity index is 1260. The number of nitrogen functional groups attached to an aromatic ring is 1. The Morgan fingerprint density at radius 2 is 1.80 bits per heavy atom. The molecule has 0 fully saturated rings. The van der Waals surface area contributed by atoms with E-state index >= 15 is 0 Å². The van der Waals surface area contributed by atoms with Gasteiger partial charge in [-0.15, -0.1) is 5.10 Å². The first-order valence-electron chi connectivity index (χ1n) is 9.73. The zero-order valence-electron chi connectivity index (χ0n) is 17.1. The Kier molecular flexibility index (Phi) is 5.14. The lowest BCUT2D eigenvalue weighted by Gasteiger charge is -2.11. The van der Waals surface area contributed by atoms with Crippen molar-refractivity contribution in [2.24, 2.45) is 0 Å². The number of benzene rings is 1. The SMILES string of the molecule is Cc1ccccc1-c1cc(-c2cn(Cc3cccn(C(C)C)c3=O)nn2)nc(N)n1. The molecule has 8 heteroatoms. The van der Waals surface area contributed by atoms with Crippen molar-refractivity contribution in [1.82, 2.24) is 29.5 Å². The second kappa shape index (κ2) is 7.90. The summed E-state index contributed by atoms with van der Waals surface area (Å²) in [5.41, 5.74) is 10.5. The predicted octanol–water partition coefficient (Wildman–Crippen LogP) is 3.08. The number of nitrogens with zero attached hydrogens (tertiary/aromatic N) is 6. The average Bonchev–Trinajstić information content (AvgIpc) is 3.18. The molecular weight excluding hydrogens is 378 g/mol. The molecule has 3 heterocycles. The van der Waals surface area contributed by atoms with Gasteiger partial charge in [-0.2, -0.15) is 0 Å². The number of aromatic nitrogens is 6. The zero-order valence-corrected chi connectivity index (χ0v) is 17.1. The Morgan fingerprint density at radius 1 is 1.03 bits per heavy atom. The summed E-state index contributed by atoms with van der Waals surface area (Å²) in [4.78, 5) is 21.3. The van der Waals surface area contributed by atoms with Gasteiger partial charge in [0.1, 0.15) is 5.69 Å². The van der Waals surface area contributed by atoms with Gasteiger partial charge in [0.2, 0.25) is 5.95 Å². The van der Waals surface area contributed by atoms with Crippen LogP contribution in [0.15, 0.2) is 59.7 Å². The summed E-state index contributed by atoms with van der Waals surface area (Å²) in [6.45, 7) is 6.30. The lowest BCUT2D eigenvalue weighted by molar-refractivity contribution is 0.563. The van der Waals surface area contributed by atoms with Crippen molar-refractivity contribution in [1.29, 1.82) is 0 Å². The van der Waals surface area contributed by atoms with Gasteiger partial charge in [0.15, 0.2) is 0 Å². The molecular formula is C22H23N7O. The monoisotopic (exact) mass is 401 g/mol. The summed E-state index contributed by atoms with van der Waals surface area (Å²) in [5.74, 6) is 0.170. The standard InChI is InChI=1S/C22H23N7O/c1-14(2)29-10-6-8-16(21(29)30)12-28-13-20(26-27-28)19-11-18(24-22(23)25-19)17-9-5-4-7-15(17)3/h4-11,13-14H,12H2,1-3H3,(H2,23,24,25). The van der Waals surface area contributed by atoms with Gasteiger partial charge in [0.05, 0.1) is 24.1 Å². The van der Waals surface area contributed by atoms with Crippen molar-refractivity contribution in [3.63, 3.8) is 0 Å². The van der Waals surface area contributed by atoms with Gasteiger partial charge in [-0.1, -0.05) is 35.5 Å². The molecule has 4 rings (SSSR count). The van der Waals surface area contributed by atoms with Crippen LogP contribution in [0.4, 0.5) is 5.95 Å². The summed E-state index contributed by atoms with van der Waals surface area (Å²) >= 11 is 0. The third-order valence-corrected chi connectivity index (χ3v) is 4.91. The molecule has 0 spiro atoms. The predicted molar refractivity (Wildman–Crippen MR) is 116 cm³/mol. The maximum atomic E-state index is 12.6. The number of nitrogens with two attached hydrogens (primary N) is 1. The molecule has 152 valence electrons. The molecule has 8 nitrogen and oxygen atoms in total. The van der Waals surface area contributed by atoms with Crippen LogP contribution in [0.2, 0.25) is 0 Å². The van der Waals surface area contributed by atoms with Crippen molar-refractivity contribution >= 4 is 5.95 Å². The average molecular weight is 401 g/mol. The highest BCUT2D eigenvalue weighted by atomic mass is 16.1. The summed E-state index contributed by atoms with van der Waals surface area (Å²) < 4.78 is 3.33. The van der Waals surface area contributed by atoms with Crippen LogP contribution in [0.25, 0.3) is 22.6 Å². The third-order valence-electron chi connectivity index (χ3n) is 4.91. The molecule has 30 heavy (non-hydrogen) atoms. The van der Waals surface area contributed by atoms with Gasteiger partial charge in [-0.3, -0.25) is 4.79 Å². The van der Waals surface area contributed by atoms with E-state index in [2.05, 4.69) is 20.3 Å². The lowest BCUT2D eigenvalue weighted by Crippen LogP contribution is -2.25. The molecule has 0 saturated carbocycles. The van der Waals surface area contributed by atoms with Crippen LogP contribution in [0, 0.1) is 6.92 Å². The minimum atomic E-state index is -0.0299. The van der Waals surface area contributed by atoms with Crippen LogP contribution in [-0.2, 0) is 6.54 Å². The molecule has 0 bridgehead atoms. The van der Waals surface area contributed by atoms with Crippen molar-refractivity contribution < 1.29 is 0 Å². The van der Waals surface area contributed by atoms with Gasteiger partial charge in [-0.25, -0.2) is 14.6 Å². The largest absolute Gasteiger partial charge is 0.368 e. The molecule has 4 aromatic rings. The fourth-order valence-corrected chi connectivity index (χ4v) is 3.35. The number of pyridine rings is 1. The highest BCUT2D eigenvalue weighted by Crippen LogP contribution is 2.25. The highest BCUT2D eigenvalue weighted by Gasteiger charge is 2.13. The first kappa shape index (κ1) is 19.5. The second-order valence-electron chi connectivity index (χ2n) is 7.45. The van der Waals surface area contributed by atoms with Crippen molar-refractivity contribution in [2.45, 2.75) is 33.4 Å². The maximum absolute atomic E-state index is 12.6. The second-order valence-corrected chi connectivity index (χ2v) is 7.45. The molecule has 0 saturated heterocycles. The topological polar surface area (TPSA) is 105 Å². The van der Waals surface area contributed by atoms with Gasteiger partial charge in [0, 0.05) is 23.4 Å². The highest BCUT2D eigenvalue weighted by molar-refractivity contribution is 5.69. The first-order chi connectivity index (χ1) is 14.4. The summed E-state index contributed by atoms with van der Waals surface area (Å²) in [6, 6.07) is 13.6. The molecule has 1 aromatic carbocycles. The molecule has 0 unspecified atom stereocenters. The molecule has 0 atom stereocenters. The summed E-state index contributed by atoms with van der Waals surface area (Å²) in [7, 11) is 0. The van der Waals surface area contributed by atoms with Gasteiger partial charge in [-0.05, 0) is 38.5 Å². The van der Waals surface area contributed by atoms with E-state index in [1.807, 2.05) is 63.2 Å². The van der Waals surface area contributed by atoms with Crippen LogP contribution < -0.4 is 11.3 Å². The van der Waals surface area contributed by atoms with Crippen molar-refractivity contribution in [2.75, 3.05) is 5.73 Å². The van der Waals surface area contributed by atoms with Crippen LogP contribution in [0.5, 0.6) is 0 Å². The fraction of sp³-hybridized carbons (Fsp3) is 0.227. The van der Waals surface area contributed by atoms with Gasteiger partial charge in [0.25, 0.3) is 5.56 Å². The van der Waals surface area contributed by atoms with Crippen molar-refractivity contribution in [3.8, 4) is 22.6 Å². The molecule has 0 aliphatic heterocycles. The van der Waals surface area contributed by atoms with Crippen molar-refractivity contribution in [3.05, 3.63) is 76.3 Å². The number of anilines is 1. The third kappa shape index (κ3) is 3.84. The van der Waals surface area contributed by atoms with E-state index in [1.165, 1.54) is 0 Å². The van der Waals surface area contributed by atoms with E-state index in [9.17, 15) is 4.79 Å². The van der Waals surface area contributed by atoms with E-state index in [-0.39, 0.29) is 17.5 Å². The first-order valence-corrected chi connectivity index (χ1v) is 9.73. The Hall–Kier alpha value is -3.81. The molecule has 0 aliphatic carbocycles. The number of aryl methyl sites for hydroxylation is 1. The number of hydrogen-bond donors (Lipinski definition) is 1. The van der Waals surface area contributed by atoms with E-state index < -0.39 is 0 Å². The van der Waals surface area contributed by atoms with E-state index in [1.54, 1.807) is 21.6 Å². The molecule has 0 amide bonds. The summed E-state index contributed by atoms with van der Waals surface area (Å²) in [5, 5.41) is 8.40. The minimum Gasteiger partial charge on any atom is -0.368 e. The Morgan fingerprint density at radius 3 is 2.57 bits per heavy atom. The van der Waals surface area contributed by atoms with Crippen LogP contribution in [0.1, 0.15) is 31.0 Å². The zero-order chi connectivity index (χ0) is 21.3. The van der Waals surface area contributed by atoms with Gasteiger partial charge < -0.3 is 10.3 Å². The molecule has 2 N–H and O–H groups in total. The molecule has 0 aliphatic rings. The quantitative estimate of drug-likeness (QED) is 0.551. The summed E-state index contributed by atoms with van der Waals surface area (Å²) in [6.07, 6.45) is 3.55. The maximum Gasteiger partial charge on any atom is 0.255 e. The normalized spacial score (nSPS) is 11.2. The Labute approximate surface area is 174 Å². The van der Waals surface area contributed by atoms with Crippen LogP contribution in [0.3, 0.4) is 0 Å². The lowest BCUT2D eigenvalue weighted by atomic mass is 10.0. The van der Waals surface area contributed by atoms with Crippen LogP contribution in [-0.4, -0.2) is 29.5 Å². The van der Waals surface area contributed by atoms with E-state index in [0.717, 1.165) is 16.8 Å². The van der Waals surface area contributed by atoms with Gasteiger partial charge >= 0.3 is 0 Å². The Balaban J connectivity index is 1.66. The van der Waals surface area contributed by atoms with E-state index in [4.69, 9.17) is 5.73 Å². The smallest absolute Gasteiger partial charge is 0.255 e. The fourth-order valence-electron chi connectivity index (χ4n) is 3.35. The molecule has 0 radical (unpaired) electrons.